The van der Waals surface area contributed by atoms with Gasteiger partial charge in [0.15, 0.2) is 12.3 Å². The first-order chi connectivity index (χ1) is 9.65. The van der Waals surface area contributed by atoms with Gasteiger partial charge < -0.3 is 24.5 Å². The second kappa shape index (κ2) is 4.97. The predicted octanol–water partition coefficient (Wildman–Crippen LogP) is -1.69. The molecule has 1 saturated heterocycles. The highest BCUT2D eigenvalue weighted by Gasteiger charge is 2.24. The number of amides is 1. The van der Waals surface area contributed by atoms with Crippen LogP contribution in [-0.4, -0.2) is 31.5 Å². The summed E-state index contributed by atoms with van der Waals surface area (Å²) >= 11 is 0. The van der Waals surface area contributed by atoms with Crippen LogP contribution in [0.4, 0.5) is 0 Å². The van der Waals surface area contributed by atoms with E-state index in [0.29, 0.717) is 30.8 Å². The van der Waals surface area contributed by atoms with Gasteiger partial charge in [-0.3, -0.25) is 4.79 Å². The van der Waals surface area contributed by atoms with Crippen LogP contribution < -0.4 is 15.3 Å². The fourth-order valence-electron chi connectivity index (χ4n) is 2.60. The third-order valence-corrected chi connectivity index (χ3v) is 3.52. The molecule has 1 aromatic carbocycles. The molecule has 1 aromatic heterocycles. The topological polar surface area (TPSA) is 86.8 Å². The zero-order valence-electron chi connectivity index (χ0n) is 10.8. The van der Waals surface area contributed by atoms with Gasteiger partial charge in [-0.1, -0.05) is 18.2 Å². The Bertz CT molecular complexity index is 677. The highest BCUT2D eigenvalue weighted by Crippen LogP contribution is 2.24. The molecule has 1 aliphatic rings. The highest BCUT2D eigenvalue weighted by atomic mass is 16.4. The Morgan fingerprint density at radius 1 is 1.40 bits per heavy atom. The Balaban J connectivity index is 1.98. The minimum atomic E-state index is -1.32. The van der Waals surface area contributed by atoms with E-state index in [1.165, 1.54) is 0 Å². The summed E-state index contributed by atoms with van der Waals surface area (Å²) in [6.45, 7) is 2.14. The van der Waals surface area contributed by atoms with Crippen molar-refractivity contribution in [3.8, 4) is 0 Å². The molecule has 0 saturated carbocycles. The maximum absolute atomic E-state index is 11.4. The third-order valence-electron chi connectivity index (χ3n) is 3.52. The van der Waals surface area contributed by atoms with Crippen LogP contribution in [-0.2, 0) is 11.3 Å². The van der Waals surface area contributed by atoms with Crippen molar-refractivity contribution in [2.75, 3.05) is 19.6 Å². The van der Waals surface area contributed by atoms with Crippen molar-refractivity contribution in [2.24, 2.45) is 0 Å². The van der Waals surface area contributed by atoms with E-state index in [0.717, 1.165) is 16.8 Å². The standard InChI is InChI=1S/C14H14N2O4/c17-12-8-16(6-5-15-12)7-10-9-3-1-2-4-11(9)20-13(10)14(18)19/h1-4H,5-8H2,(H,15,17)(H,18,19). The van der Waals surface area contributed by atoms with Crippen molar-refractivity contribution in [3.63, 3.8) is 0 Å². The van der Waals surface area contributed by atoms with Crippen molar-refractivity contribution in [1.82, 2.24) is 5.32 Å². The smallest absolute Gasteiger partial charge is 0.275 e. The summed E-state index contributed by atoms with van der Waals surface area (Å²) in [6, 6.07) is 7.17. The summed E-state index contributed by atoms with van der Waals surface area (Å²) in [5.74, 6) is -1.48. The molecule has 0 spiro atoms. The van der Waals surface area contributed by atoms with Crippen LogP contribution in [0.25, 0.3) is 11.0 Å². The fourth-order valence-corrected chi connectivity index (χ4v) is 2.60. The van der Waals surface area contributed by atoms with E-state index in [9.17, 15) is 14.7 Å². The maximum Gasteiger partial charge on any atom is 0.275 e. The molecule has 0 radical (unpaired) electrons. The van der Waals surface area contributed by atoms with Crippen molar-refractivity contribution in [2.45, 2.75) is 6.54 Å². The fraction of sp³-hybridized carbons (Fsp3) is 0.286. The maximum atomic E-state index is 11.4. The lowest BCUT2D eigenvalue weighted by molar-refractivity contribution is -0.907. The van der Waals surface area contributed by atoms with Crippen LogP contribution in [0.15, 0.2) is 28.7 Å². The lowest BCUT2D eigenvalue weighted by Crippen LogP contribution is -3.14. The number of nitrogens with one attached hydrogen (secondary N) is 2. The van der Waals surface area contributed by atoms with E-state index in [4.69, 9.17) is 4.42 Å². The van der Waals surface area contributed by atoms with E-state index < -0.39 is 5.97 Å². The average molecular weight is 274 g/mol. The molecule has 6 nitrogen and oxygen atoms in total. The van der Waals surface area contributed by atoms with Gasteiger partial charge in [0.05, 0.1) is 18.7 Å². The van der Waals surface area contributed by atoms with Crippen LogP contribution >= 0.6 is 0 Å². The first kappa shape index (κ1) is 12.7. The van der Waals surface area contributed by atoms with E-state index in [2.05, 4.69) is 5.32 Å². The number of carboxylic acids is 1. The number of carboxylic acid groups (broad SMARTS) is 1. The number of piperazine rings is 1. The molecule has 0 bridgehead atoms. The van der Waals surface area contributed by atoms with Gasteiger partial charge in [0, 0.05) is 5.39 Å². The van der Waals surface area contributed by atoms with Crippen LogP contribution in [0.3, 0.4) is 0 Å². The second-order valence-electron chi connectivity index (χ2n) is 4.90. The lowest BCUT2D eigenvalue weighted by atomic mass is 10.1. The monoisotopic (exact) mass is 274 g/mol. The zero-order valence-corrected chi connectivity index (χ0v) is 10.8. The van der Waals surface area contributed by atoms with E-state index in [-0.39, 0.29) is 11.7 Å². The van der Waals surface area contributed by atoms with Gasteiger partial charge in [0.25, 0.3) is 5.91 Å². The first-order valence-corrected chi connectivity index (χ1v) is 6.47. The number of furan rings is 1. The molecule has 104 valence electrons. The number of hydrogen-bond donors (Lipinski definition) is 2. The van der Waals surface area contributed by atoms with E-state index in [1.807, 2.05) is 12.1 Å². The lowest BCUT2D eigenvalue weighted by Gasteiger charge is -2.23. The van der Waals surface area contributed by atoms with Crippen LogP contribution in [0.2, 0.25) is 0 Å². The zero-order chi connectivity index (χ0) is 14.1. The second-order valence-corrected chi connectivity index (χ2v) is 4.90. The minimum Gasteiger partial charge on any atom is -0.542 e. The van der Waals surface area contributed by atoms with Crippen molar-refractivity contribution in [3.05, 3.63) is 35.6 Å². The SMILES string of the molecule is O=C1C[NH+](Cc2c(C(=O)[O-])oc3ccccc23)CCN1. The Morgan fingerprint density at radius 2 is 2.20 bits per heavy atom. The minimum absolute atomic E-state index is 0.0194. The van der Waals surface area contributed by atoms with E-state index in [1.54, 1.807) is 12.1 Å². The summed E-state index contributed by atoms with van der Waals surface area (Å²) in [5.41, 5.74) is 1.13. The number of aromatic carboxylic acids is 1. The average Bonchev–Trinajstić information content (AvgIpc) is 2.78. The van der Waals surface area contributed by atoms with Gasteiger partial charge in [0.2, 0.25) is 0 Å². The predicted molar refractivity (Wildman–Crippen MR) is 68.0 cm³/mol. The number of carbonyl (C=O) groups is 2. The van der Waals surface area contributed by atoms with Gasteiger partial charge in [-0.25, -0.2) is 0 Å². The Hall–Kier alpha value is -2.34. The largest absolute Gasteiger partial charge is 0.542 e. The number of rotatable bonds is 3. The molecule has 1 unspecified atom stereocenters. The summed E-state index contributed by atoms with van der Waals surface area (Å²) in [7, 11) is 0. The van der Waals surface area contributed by atoms with Crippen molar-refractivity contribution in [1.29, 1.82) is 0 Å². The first-order valence-electron chi connectivity index (χ1n) is 6.47. The number of quaternary nitrogens is 1. The third kappa shape index (κ3) is 2.25. The molecule has 2 N–H and O–H groups in total. The molecule has 3 rings (SSSR count). The normalized spacial score (nSPS) is 19.0. The number of fused-ring (bicyclic) bond motifs is 1. The summed E-state index contributed by atoms with van der Waals surface area (Å²) < 4.78 is 5.35. The summed E-state index contributed by atoms with van der Waals surface area (Å²) in [6.07, 6.45) is 0. The summed E-state index contributed by atoms with van der Waals surface area (Å²) in [5, 5.41) is 14.7. The van der Waals surface area contributed by atoms with Crippen LogP contribution in [0.1, 0.15) is 16.1 Å². The Morgan fingerprint density at radius 3 is 2.95 bits per heavy atom. The number of para-hydroxylation sites is 1. The molecule has 1 aliphatic heterocycles. The van der Waals surface area contributed by atoms with Gasteiger partial charge >= 0.3 is 0 Å². The molecule has 1 amide bonds. The van der Waals surface area contributed by atoms with Crippen molar-refractivity contribution >= 4 is 22.8 Å². The van der Waals surface area contributed by atoms with Gasteiger partial charge in [-0.15, -0.1) is 0 Å². The molecule has 6 heteroatoms. The number of hydrogen-bond acceptors (Lipinski definition) is 4. The number of benzene rings is 1. The van der Waals surface area contributed by atoms with Crippen molar-refractivity contribution < 1.29 is 24.0 Å². The molecular weight excluding hydrogens is 260 g/mol. The molecule has 20 heavy (non-hydrogen) atoms. The van der Waals surface area contributed by atoms with Crippen LogP contribution in [0.5, 0.6) is 0 Å². The molecule has 1 atom stereocenters. The molecule has 2 aromatic rings. The van der Waals surface area contributed by atoms with E-state index >= 15 is 0 Å². The quantitative estimate of drug-likeness (QED) is 0.699. The number of carbonyl (C=O) groups excluding carboxylic acids is 2. The van der Waals surface area contributed by atoms with Gasteiger partial charge in [-0.2, -0.15) is 0 Å². The van der Waals surface area contributed by atoms with Gasteiger partial charge in [-0.05, 0) is 6.07 Å². The Kier molecular flexibility index (Phi) is 3.15. The molecular formula is C14H14N2O4. The molecule has 1 fully saturated rings. The van der Waals surface area contributed by atoms with Gasteiger partial charge in [0.1, 0.15) is 18.1 Å². The van der Waals surface area contributed by atoms with Crippen LogP contribution in [0, 0.1) is 0 Å². The molecule has 0 aliphatic carbocycles. The highest BCUT2D eigenvalue weighted by molar-refractivity contribution is 5.94. The molecule has 2 heterocycles. The summed E-state index contributed by atoms with van der Waals surface area (Å²) in [4.78, 5) is 23.6. The Labute approximate surface area is 115 Å².